The average Bonchev–Trinajstić information content (AvgIpc) is 2.66. The van der Waals surface area contributed by atoms with Crippen LogP contribution < -0.4 is 21.7 Å². The van der Waals surface area contributed by atoms with Crippen molar-refractivity contribution >= 4 is 41.4 Å². The van der Waals surface area contributed by atoms with Crippen LogP contribution in [0.2, 0.25) is 0 Å². The van der Waals surface area contributed by atoms with Crippen molar-refractivity contribution in [2.24, 2.45) is 5.73 Å². The summed E-state index contributed by atoms with van der Waals surface area (Å²) in [5.74, 6) is -4.42. The smallest absolute Gasteiger partial charge is 0.325 e. The molecule has 0 heterocycles. The third kappa shape index (κ3) is 10.7. The molecule has 3 amide bonds. The van der Waals surface area contributed by atoms with E-state index in [0.717, 1.165) is 0 Å². The minimum atomic E-state index is -1.49. The van der Waals surface area contributed by atoms with Crippen LogP contribution in [0.15, 0.2) is 0 Å². The number of amides is 3. The second-order valence-corrected chi connectivity index (χ2v) is 7.18. The zero-order chi connectivity index (χ0) is 22.6. The fourth-order valence-corrected chi connectivity index (χ4v) is 2.52. The summed E-state index contributed by atoms with van der Waals surface area (Å²) in [6.07, 6.45) is 1.46. The Bertz CT molecular complexity index is 603. The highest BCUT2D eigenvalue weighted by Crippen LogP contribution is 2.03. The second-order valence-electron chi connectivity index (χ2n) is 6.19. The fourth-order valence-electron chi connectivity index (χ4n) is 2.03. The molecule has 0 aliphatic rings. The van der Waals surface area contributed by atoms with E-state index in [0.29, 0.717) is 12.2 Å². The minimum Gasteiger partial charge on any atom is -0.481 e. The van der Waals surface area contributed by atoms with Gasteiger partial charge in [-0.1, -0.05) is 0 Å². The van der Waals surface area contributed by atoms with Crippen molar-refractivity contribution in [2.45, 2.75) is 50.4 Å². The Labute approximate surface area is 172 Å². The number of hydrogen-bond donors (Lipinski definition) is 7. The first-order valence-corrected chi connectivity index (χ1v) is 10.1. The first-order chi connectivity index (χ1) is 13.5. The molecule has 12 nitrogen and oxygen atoms in total. The number of carboxylic acids is 2. The molecule has 13 heteroatoms. The molecule has 0 radical (unpaired) electrons. The molecule has 0 saturated heterocycles. The van der Waals surface area contributed by atoms with Crippen LogP contribution in [0.5, 0.6) is 0 Å². The highest BCUT2D eigenvalue weighted by Gasteiger charge is 2.29. The van der Waals surface area contributed by atoms with Crippen molar-refractivity contribution < 1.29 is 39.3 Å². The largest absolute Gasteiger partial charge is 0.481 e. The SMILES string of the molecule is CSCCC(N)C(=O)NC(CCC(=O)O)C(=O)NC(CO)C(=O)NC(C)C(=O)O. The average molecular weight is 436 g/mol. The first-order valence-electron chi connectivity index (χ1n) is 8.74. The van der Waals surface area contributed by atoms with Crippen LogP contribution in [0.1, 0.15) is 26.2 Å². The number of carbonyl (C=O) groups excluding carboxylic acids is 3. The third-order valence-corrected chi connectivity index (χ3v) is 4.44. The summed E-state index contributed by atoms with van der Waals surface area (Å²) in [5.41, 5.74) is 5.73. The Morgan fingerprint density at radius 2 is 1.48 bits per heavy atom. The highest BCUT2D eigenvalue weighted by atomic mass is 32.2. The Balaban J connectivity index is 5.11. The Hall–Kier alpha value is -2.38. The van der Waals surface area contributed by atoms with Gasteiger partial charge in [-0.05, 0) is 31.8 Å². The second kappa shape index (κ2) is 13.7. The summed E-state index contributed by atoms with van der Waals surface area (Å²) < 4.78 is 0. The number of aliphatic hydroxyl groups is 1. The van der Waals surface area contributed by atoms with E-state index in [1.54, 1.807) is 0 Å². The normalized spacial score (nSPS) is 14.8. The summed E-state index contributed by atoms with van der Waals surface area (Å²) >= 11 is 1.48. The lowest BCUT2D eigenvalue weighted by Crippen LogP contribution is -2.57. The molecule has 29 heavy (non-hydrogen) atoms. The Morgan fingerprint density at radius 3 is 1.97 bits per heavy atom. The molecule has 0 aromatic carbocycles. The maximum Gasteiger partial charge on any atom is 0.325 e. The van der Waals surface area contributed by atoms with Crippen LogP contribution in [0.25, 0.3) is 0 Å². The van der Waals surface area contributed by atoms with E-state index in [2.05, 4.69) is 16.0 Å². The monoisotopic (exact) mass is 436 g/mol. The van der Waals surface area contributed by atoms with Gasteiger partial charge in [0.25, 0.3) is 0 Å². The molecule has 4 atom stereocenters. The minimum absolute atomic E-state index is 0.270. The molecule has 0 rings (SSSR count). The van der Waals surface area contributed by atoms with Crippen molar-refractivity contribution in [3.05, 3.63) is 0 Å². The first kappa shape index (κ1) is 26.6. The summed E-state index contributed by atoms with van der Waals surface area (Å²) in [6.45, 7) is 0.360. The molecular formula is C16H28N4O8S. The van der Waals surface area contributed by atoms with Crippen molar-refractivity contribution in [1.82, 2.24) is 16.0 Å². The molecule has 166 valence electrons. The standard InChI is InChI=1S/C16H28N4O8S/c1-8(16(27)28)18-15(26)11(7-21)20-14(25)10(3-4-12(22)23)19-13(24)9(17)5-6-29-2/h8-11,21H,3-7,17H2,1-2H3,(H,18,26)(H,19,24)(H,20,25)(H,22,23)(H,27,28). The van der Waals surface area contributed by atoms with Crippen LogP contribution >= 0.6 is 11.8 Å². The van der Waals surface area contributed by atoms with E-state index < -0.39 is 66.9 Å². The van der Waals surface area contributed by atoms with Crippen LogP contribution in [-0.2, 0) is 24.0 Å². The van der Waals surface area contributed by atoms with Gasteiger partial charge in [0.2, 0.25) is 17.7 Å². The molecule has 0 bridgehead atoms. The number of aliphatic hydroxyl groups excluding tert-OH is 1. The number of carboxylic acid groups (broad SMARTS) is 2. The van der Waals surface area contributed by atoms with E-state index in [4.69, 9.17) is 15.9 Å². The van der Waals surface area contributed by atoms with E-state index in [-0.39, 0.29) is 6.42 Å². The van der Waals surface area contributed by atoms with Gasteiger partial charge in [-0.3, -0.25) is 24.0 Å². The molecule has 8 N–H and O–H groups in total. The lowest BCUT2D eigenvalue weighted by Gasteiger charge is -2.23. The van der Waals surface area contributed by atoms with E-state index >= 15 is 0 Å². The number of hydrogen-bond acceptors (Lipinski definition) is 8. The molecule has 0 aliphatic carbocycles. The van der Waals surface area contributed by atoms with Crippen LogP contribution in [0.4, 0.5) is 0 Å². The topological polar surface area (TPSA) is 208 Å². The van der Waals surface area contributed by atoms with Gasteiger partial charge in [-0.25, -0.2) is 0 Å². The van der Waals surface area contributed by atoms with Crippen molar-refractivity contribution in [2.75, 3.05) is 18.6 Å². The van der Waals surface area contributed by atoms with Gasteiger partial charge in [-0.15, -0.1) is 0 Å². The zero-order valence-corrected chi connectivity index (χ0v) is 17.0. The quantitative estimate of drug-likeness (QED) is 0.152. The maximum absolute atomic E-state index is 12.5. The van der Waals surface area contributed by atoms with Gasteiger partial charge in [0.15, 0.2) is 0 Å². The van der Waals surface area contributed by atoms with Gasteiger partial charge in [0, 0.05) is 6.42 Å². The van der Waals surface area contributed by atoms with Crippen LogP contribution in [0, 0.1) is 0 Å². The van der Waals surface area contributed by atoms with Gasteiger partial charge in [-0.2, -0.15) is 11.8 Å². The Morgan fingerprint density at radius 1 is 0.931 bits per heavy atom. The zero-order valence-electron chi connectivity index (χ0n) is 16.2. The van der Waals surface area contributed by atoms with Crippen molar-refractivity contribution in [1.29, 1.82) is 0 Å². The summed E-state index contributed by atoms with van der Waals surface area (Å²) in [6, 6.07) is -4.96. The van der Waals surface area contributed by atoms with Crippen LogP contribution in [0.3, 0.4) is 0 Å². The van der Waals surface area contributed by atoms with E-state index in [1.807, 2.05) is 6.26 Å². The predicted octanol–water partition coefficient (Wildman–Crippen LogP) is -2.52. The number of carbonyl (C=O) groups is 5. The number of thioether (sulfide) groups is 1. The lowest BCUT2D eigenvalue weighted by atomic mass is 10.1. The summed E-state index contributed by atoms with van der Waals surface area (Å²) in [5, 5.41) is 33.6. The van der Waals surface area contributed by atoms with E-state index in [9.17, 15) is 29.1 Å². The van der Waals surface area contributed by atoms with Gasteiger partial charge in [0.05, 0.1) is 12.6 Å². The van der Waals surface area contributed by atoms with E-state index in [1.165, 1.54) is 18.7 Å². The molecule has 0 aromatic heterocycles. The number of rotatable bonds is 14. The predicted molar refractivity (Wildman–Crippen MR) is 104 cm³/mol. The third-order valence-electron chi connectivity index (χ3n) is 3.79. The van der Waals surface area contributed by atoms with Gasteiger partial charge >= 0.3 is 11.9 Å². The number of nitrogens with two attached hydrogens (primary N) is 1. The lowest BCUT2D eigenvalue weighted by molar-refractivity contribution is -0.142. The summed E-state index contributed by atoms with van der Waals surface area (Å²) in [7, 11) is 0. The molecule has 4 unspecified atom stereocenters. The number of aliphatic carboxylic acids is 2. The van der Waals surface area contributed by atoms with Crippen molar-refractivity contribution in [3.63, 3.8) is 0 Å². The van der Waals surface area contributed by atoms with Crippen molar-refractivity contribution in [3.8, 4) is 0 Å². The summed E-state index contributed by atoms with van der Waals surface area (Å²) in [4.78, 5) is 58.2. The molecule has 0 fully saturated rings. The van der Waals surface area contributed by atoms with Crippen LogP contribution in [-0.4, -0.2) is 87.8 Å². The Kier molecular flexibility index (Phi) is 12.6. The molecule has 0 saturated carbocycles. The molecule has 0 aromatic rings. The molecule has 0 aliphatic heterocycles. The maximum atomic E-state index is 12.5. The van der Waals surface area contributed by atoms with Gasteiger partial charge < -0.3 is 37.0 Å². The fraction of sp³-hybridized carbons (Fsp3) is 0.688. The molecule has 0 spiro atoms. The number of nitrogens with one attached hydrogen (secondary N) is 3. The molecular weight excluding hydrogens is 408 g/mol. The van der Waals surface area contributed by atoms with Gasteiger partial charge in [0.1, 0.15) is 18.1 Å². The highest BCUT2D eigenvalue weighted by molar-refractivity contribution is 7.98.